The van der Waals surface area contributed by atoms with E-state index in [-0.39, 0.29) is 30.7 Å². The zero-order valence-electron chi connectivity index (χ0n) is 15.7. The number of rotatable bonds is 3. The average molecular weight is 443 g/mol. The number of nitrogens with one attached hydrogen (secondary N) is 1. The van der Waals surface area contributed by atoms with Gasteiger partial charge in [0.1, 0.15) is 0 Å². The van der Waals surface area contributed by atoms with Gasteiger partial charge in [0.2, 0.25) is 5.91 Å². The molecule has 28 heavy (non-hydrogen) atoms. The third-order valence-corrected chi connectivity index (χ3v) is 5.15. The van der Waals surface area contributed by atoms with E-state index in [1.165, 1.54) is 12.1 Å². The van der Waals surface area contributed by atoms with Crippen LogP contribution in [0.5, 0.6) is 0 Å². The van der Waals surface area contributed by atoms with Gasteiger partial charge in [-0.3, -0.25) is 9.69 Å². The number of piperazine rings is 2. The Kier molecular flexibility index (Phi) is 9.33. The molecule has 0 aliphatic carbocycles. The number of anilines is 1. The lowest BCUT2D eigenvalue weighted by Gasteiger charge is -2.39. The van der Waals surface area contributed by atoms with Crippen molar-refractivity contribution in [2.75, 3.05) is 57.3 Å². The fourth-order valence-electron chi connectivity index (χ4n) is 3.48. The number of halogens is 5. The highest BCUT2D eigenvalue weighted by molar-refractivity contribution is 5.85. The monoisotopic (exact) mass is 442 g/mol. The molecule has 10 heteroatoms. The fraction of sp³-hybridized carbons (Fsp3) is 0.611. The number of alkyl halides is 3. The van der Waals surface area contributed by atoms with E-state index in [9.17, 15) is 18.0 Å². The van der Waals surface area contributed by atoms with Crippen molar-refractivity contribution in [1.29, 1.82) is 0 Å². The van der Waals surface area contributed by atoms with E-state index in [4.69, 9.17) is 0 Å². The van der Waals surface area contributed by atoms with Gasteiger partial charge in [0, 0.05) is 57.5 Å². The van der Waals surface area contributed by atoms with E-state index >= 15 is 0 Å². The van der Waals surface area contributed by atoms with Crippen LogP contribution in [0.2, 0.25) is 0 Å². The van der Waals surface area contributed by atoms with Crippen LogP contribution in [-0.2, 0) is 11.0 Å². The third-order valence-electron chi connectivity index (χ3n) is 5.15. The number of carbonyl (C=O) groups is 1. The largest absolute Gasteiger partial charge is 0.416 e. The molecular weight excluding hydrogens is 416 g/mol. The van der Waals surface area contributed by atoms with Crippen LogP contribution in [-0.4, -0.2) is 74.1 Å². The van der Waals surface area contributed by atoms with Gasteiger partial charge in [-0.2, -0.15) is 13.2 Å². The Balaban J connectivity index is 0.00000196. The zero-order chi connectivity index (χ0) is 18.7. The predicted molar refractivity (Wildman–Crippen MR) is 109 cm³/mol. The van der Waals surface area contributed by atoms with Crippen LogP contribution in [0.25, 0.3) is 0 Å². The van der Waals surface area contributed by atoms with Crippen molar-refractivity contribution in [2.24, 2.45) is 0 Å². The van der Waals surface area contributed by atoms with Crippen LogP contribution in [0.1, 0.15) is 12.5 Å². The smallest absolute Gasteiger partial charge is 0.368 e. The number of amides is 1. The Morgan fingerprint density at radius 1 is 1.14 bits per heavy atom. The first-order valence-electron chi connectivity index (χ1n) is 8.99. The molecule has 1 amide bonds. The van der Waals surface area contributed by atoms with Crippen LogP contribution >= 0.6 is 24.8 Å². The minimum absolute atomic E-state index is 0. The lowest BCUT2D eigenvalue weighted by Crippen LogP contribution is -2.55. The van der Waals surface area contributed by atoms with Gasteiger partial charge >= 0.3 is 6.18 Å². The molecule has 5 nitrogen and oxygen atoms in total. The minimum Gasteiger partial charge on any atom is -0.368 e. The molecule has 2 heterocycles. The molecule has 0 unspecified atom stereocenters. The molecule has 0 spiro atoms. The summed E-state index contributed by atoms with van der Waals surface area (Å²) in [5, 5.41) is 3.30. The molecule has 160 valence electrons. The predicted octanol–water partition coefficient (Wildman–Crippen LogP) is 2.49. The second-order valence-electron chi connectivity index (χ2n) is 6.94. The molecule has 0 aromatic heterocycles. The van der Waals surface area contributed by atoms with Crippen molar-refractivity contribution in [3.8, 4) is 0 Å². The number of nitrogens with zero attached hydrogens (tertiary/aromatic N) is 3. The highest BCUT2D eigenvalue weighted by atomic mass is 35.5. The van der Waals surface area contributed by atoms with E-state index in [0.29, 0.717) is 44.5 Å². The van der Waals surface area contributed by atoms with Crippen molar-refractivity contribution < 1.29 is 18.0 Å². The molecule has 2 fully saturated rings. The van der Waals surface area contributed by atoms with E-state index in [1.807, 2.05) is 9.80 Å². The van der Waals surface area contributed by atoms with Gasteiger partial charge in [0.15, 0.2) is 0 Å². The summed E-state index contributed by atoms with van der Waals surface area (Å²) in [5.74, 6) is 0.0995. The Morgan fingerprint density at radius 2 is 1.82 bits per heavy atom. The molecule has 1 aromatic rings. The summed E-state index contributed by atoms with van der Waals surface area (Å²) in [6.07, 6.45) is -4.34. The summed E-state index contributed by atoms with van der Waals surface area (Å²) in [6, 6.07) is 5.72. The maximum absolute atomic E-state index is 12.9. The van der Waals surface area contributed by atoms with Crippen LogP contribution in [0, 0.1) is 0 Å². The van der Waals surface area contributed by atoms with Gasteiger partial charge in [-0.1, -0.05) is 6.07 Å². The molecule has 0 radical (unpaired) electrons. The molecule has 3 rings (SSSR count). The summed E-state index contributed by atoms with van der Waals surface area (Å²) < 4.78 is 38.6. The Morgan fingerprint density at radius 3 is 2.43 bits per heavy atom. The van der Waals surface area contributed by atoms with Crippen LogP contribution in [0.15, 0.2) is 24.3 Å². The Bertz CT molecular complexity index is 640. The molecule has 2 aliphatic rings. The minimum atomic E-state index is -4.34. The maximum atomic E-state index is 12.9. The highest BCUT2D eigenvalue weighted by Gasteiger charge is 2.31. The third kappa shape index (κ3) is 6.14. The molecule has 1 atom stereocenters. The van der Waals surface area contributed by atoms with E-state index in [1.54, 1.807) is 6.07 Å². The van der Waals surface area contributed by atoms with Crippen LogP contribution < -0.4 is 10.2 Å². The molecule has 0 saturated carbocycles. The van der Waals surface area contributed by atoms with E-state index < -0.39 is 11.7 Å². The van der Waals surface area contributed by atoms with Crippen molar-refractivity contribution in [1.82, 2.24) is 15.1 Å². The molecule has 0 bridgehead atoms. The van der Waals surface area contributed by atoms with Gasteiger partial charge in [0.05, 0.1) is 12.1 Å². The number of benzene rings is 1. The molecule has 2 saturated heterocycles. The second kappa shape index (κ2) is 10.5. The van der Waals surface area contributed by atoms with Gasteiger partial charge in [-0.25, -0.2) is 0 Å². The zero-order valence-corrected chi connectivity index (χ0v) is 17.4. The summed E-state index contributed by atoms with van der Waals surface area (Å²) in [6.45, 7) is 7.31. The van der Waals surface area contributed by atoms with Crippen molar-refractivity contribution in [3.63, 3.8) is 0 Å². The van der Waals surface area contributed by atoms with Gasteiger partial charge in [0.25, 0.3) is 0 Å². The van der Waals surface area contributed by atoms with Gasteiger partial charge in [-0.15, -0.1) is 24.8 Å². The summed E-state index contributed by atoms with van der Waals surface area (Å²) >= 11 is 0. The second-order valence-corrected chi connectivity index (χ2v) is 6.94. The molecular formula is C18H27Cl2F3N4O. The molecule has 1 N–H and O–H groups in total. The summed E-state index contributed by atoms with van der Waals surface area (Å²) in [5.41, 5.74) is -0.0798. The van der Waals surface area contributed by atoms with Crippen LogP contribution in [0.3, 0.4) is 0 Å². The number of hydrogen-bond acceptors (Lipinski definition) is 4. The fourth-order valence-corrected chi connectivity index (χ4v) is 3.48. The maximum Gasteiger partial charge on any atom is 0.416 e. The molecule has 1 aromatic carbocycles. The first-order valence-corrected chi connectivity index (χ1v) is 8.99. The average Bonchev–Trinajstić information content (AvgIpc) is 2.63. The highest BCUT2D eigenvalue weighted by Crippen LogP contribution is 2.31. The number of carbonyl (C=O) groups excluding carboxylic acids is 1. The summed E-state index contributed by atoms with van der Waals surface area (Å²) in [7, 11) is 0. The van der Waals surface area contributed by atoms with Crippen LogP contribution in [0.4, 0.5) is 18.9 Å². The standard InChI is InChI=1S/C18H25F3N4O.2ClH/c1-14-12-22-5-6-25(14)13-17(26)24-9-7-23(8-10-24)16-4-2-3-15(11-16)18(19,20)21;;/h2-4,11,14,22H,5-10,12-13H2,1H3;2*1H/t14-;;/m0../s1. The van der Waals surface area contributed by atoms with Gasteiger partial charge in [-0.05, 0) is 25.1 Å². The lowest BCUT2D eigenvalue weighted by molar-refractivity contribution is -0.137. The Labute approximate surface area is 176 Å². The first kappa shape index (κ1) is 24.8. The topological polar surface area (TPSA) is 38.8 Å². The Hall–Kier alpha value is -1.22. The van der Waals surface area contributed by atoms with E-state index in [2.05, 4.69) is 17.1 Å². The van der Waals surface area contributed by atoms with Gasteiger partial charge < -0.3 is 15.1 Å². The number of hydrogen-bond donors (Lipinski definition) is 1. The first-order chi connectivity index (χ1) is 12.3. The van der Waals surface area contributed by atoms with Crippen molar-refractivity contribution >= 4 is 36.4 Å². The molecule has 2 aliphatic heterocycles. The SMILES string of the molecule is C[C@H]1CNCCN1CC(=O)N1CCN(c2cccc(C(F)(F)F)c2)CC1.Cl.Cl. The quantitative estimate of drug-likeness (QED) is 0.780. The normalized spacial score (nSPS) is 20.9. The lowest BCUT2D eigenvalue weighted by atomic mass is 10.1. The van der Waals surface area contributed by atoms with Crippen molar-refractivity contribution in [3.05, 3.63) is 29.8 Å². The van der Waals surface area contributed by atoms with Crippen molar-refractivity contribution in [2.45, 2.75) is 19.1 Å². The van der Waals surface area contributed by atoms with E-state index in [0.717, 1.165) is 25.7 Å². The summed E-state index contributed by atoms with van der Waals surface area (Å²) in [4.78, 5) is 18.4.